The minimum absolute atomic E-state index is 0.327. The van der Waals surface area contributed by atoms with Gasteiger partial charge in [0.05, 0.1) is 12.9 Å². The molecule has 1 unspecified atom stereocenters. The summed E-state index contributed by atoms with van der Waals surface area (Å²) in [5.74, 6) is 1.05. The van der Waals surface area contributed by atoms with Gasteiger partial charge in [-0.25, -0.2) is 0 Å². The maximum atomic E-state index is 5.44. The van der Waals surface area contributed by atoms with Crippen LogP contribution in [0, 0.1) is 0 Å². The lowest BCUT2D eigenvalue weighted by Crippen LogP contribution is -2.17. The molecule has 0 spiro atoms. The second-order valence-corrected chi connectivity index (χ2v) is 7.65. The average molecular weight is 419 g/mol. The smallest absolute Gasteiger partial charge is 0.0916 e. The number of aryl methyl sites for hydroxylation is 1. The van der Waals surface area contributed by atoms with Crippen LogP contribution in [-0.4, -0.2) is 11.7 Å². The molecule has 1 atom stereocenters. The van der Waals surface area contributed by atoms with Crippen LogP contribution < -0.4 is 5.32 Å². The fourth-order valence-corrected chi connectivity index (χ4v) is 3.68. The Balaban J connectivity index is 0.00000107. The first-order chi connectivity index (χ1) is 15.1. The zero-order valence-electron chi connectivity index (χ0n) is 19.8. The lowest BCUT2D eigenvalue weighted by molar-refractivity contribution is 0.279. The van der Waals surface area contributed by atoms with Crippen LogP contribution in [0.4, 0.5) is 0 Å². The van der Waals surface area contributed by atoms with Crippen LogP contribution in [0.25, 0.3) is 10.9 Å². The Morgan fingerprint density at radius 2 is 1.87 bits per heavy atom. The van der Waals surface area contributed by atoms with Gasteiger partial charge in [0.15, 0.2) is 0 Å². The number of methoxy groups -OCH3 is 1. The number of rotatable bonds is 9. The first-order valence-corrected chi connectivity index (χ1v) is 11.3. The van der Waals surface area contributed by atoms with E-state index in [0.29, 0.717) is 6.04 Å². The summed E-state index contributed by atoms with van der Waals surface area (Å²) in [6.07, 6.45) is 8.07. The topological polar surface area (TPSA) is 26.2 Å². The van der Waals surface area contributed by atoms with Crippen LogP contribution >= 0.6 is 0 Å². The zero-order valence-corrected chi connectivity index (χ0v) is 19.8. The summed E-state index contributed by atoms with van der Waals surface area (Å²) in [4.78, 5) is 0. The molecule has 3 heteroatoms. The van der Waals surface area contributed by atoms with Crippen molar-refractivity contribution in [3.8, 4) is 0 Å². The summed E-state index contributed by atoms with van der Waals surface area (Å²) in [5.41, 5.74) is 5.30. The van der Waals surface area contributed by atoms with E-state index in [4.69, 9.17) is 4.74 Å². The maximum absolute atomic E-state index is 5.44. The van der Waals surface area contributed by atoms with E-state index in [-0.39, 0.29) is 0 Å². The number of aromatic nitrogens is 1. The van der Waals surface area contributed by atoms with Gasteiger partial charge in [-0.2, -0.15) is 0 Å². The molecule has 1 heterocycles. The number of fused-ring (bicyclic) bond motifs is 1. The van der Waals surface area contributed by atoms with Gasteiger partial charge in [-0.3, -0.25) is 0 Å². The Kier molecular flexibility index (Phi) is 10.1. The van der Waals surface area contributed by atoms with Crippen LogP contribution in [0.1, 0.15) is 56.8 Å². The highest BCUT2D eigenvalue weighted by molar-refractivity contribution is 5.85. The fourth-order valence-electron chi connectivity index (χ4n) is 3.68. The van der Waals surface area contributed by atoms with Crippen LogP contribution in [0.5, 0.6) is 0 Å². The zero-order chi connectivity index (χ0) is 22.6. The Morgan fingerprint density at radius 3 is 2.48 bits per heavy atom. The highest BCUT2D eigenvalue weighted by Gasteiger charge is 2.10. The van der Waals surface area contributed by atoms with Crippen LogP contribution in [-0.2, 0) is 24.2 Å². The molecular formula is C28H38N2O. The number of allylic oxidation sites excluding steroid dienone is 3. The maximum Gasteiger partial charge on any atom is 0.0916 e. The highest BCUT2D eigenvalue weighted by Crippen LogP contribution is 2.25. The second-order valence-electron chi connectivity index (χ2n) is 7.65. The van der Waals surface area contributed by atoms with E-state index in [9.17, 15) is 0 Å². The van der Waals surface area contributed by atoms with Crippen molar-refractivity contribution < 1.29 is 4.74 Å². The summed E-state index contributed by atoms with van der Waals surface area (Å²) in [6, 6.07) is 17.8. The van der Waals surface area contributed by atoms with Crippen molar-refractivity contribution in [1.82, 2.24) is 9.88 Å². The molecule has 0 aliphatic rings. The fraction of sp³-hybridized carbons (Fsp3) is 0.357. The Morgan fingerprint density at radius 1 is 1.16 bits per heavy atom. The van der Waals surface area contributed by atoms with Crippen molar-refractivity contribution in [3.05, 3.63) is 95.9 Å². The van der Waals surface area contributed by atoms with Crippen molar-refractivity contribution in [2.75, 3.05) is 7.11 Å². The molecular weight excluding hydrogens is 380 g/mol. The molecule has 0 bridgehead atoms. The van der Waals surface area contributed by atoms with Crippen LogP contribution in [0.3, 0.4) is 0 Å². The summed E-state index contributed by atoms with van der Waals surface area (Å²) in [6.45, 7) is 13.6. The SMILES string of the molecule is C=CC.CC/C(=C\Cc1cn(CC)c2ccc(CNC(C)c3ccccc3)cc12)OC. The van der Waals surface area contributed by atoms with Gasteiger partial charge in [-0.15, -0.1) is 6.58 Å². The van der Waals surface area contributed by atoms with E-state index < -0.39 is 0 Å². The molecule has 31 heavy (non-hydrogen) atoms. The lowest BCUT2D eigenvalue weighted by atomic mass is 10.1. The third-order valence-corrected chi connectivity index (χ3v) is 5.44. The molecule has 166 valence electrons. The summed E-state index contributed by atoms with van der Waals surface area (Å²) >= 11 is 0. The van der Waals surface area contributed by atoms with E-state index in [2.05, 4.69) is 98.0 Å². The van der Waals surface area contributed by atoms with Gasteiger partial charge >= 0.3 is 0 Å². The molecule has 0 aliphatic carbocycles. The molecule has 0 aliphatic heterocycles. The largest absolute Gasteiger partial charge is 0.501 e. The van der Waals surface area contributed by atoms with Gasteiger partial charge in [-0.05, 0) is 62.1 Å². The van der Waals surface area contributed by atoms with Gasteiger partial charge < -0.3 is 14.6 Å². The number of benzene rings is 2. The number of hydrogen-bond acceptors (Lipinski definition) is 2. The summed E-state index contributed by atoms with van der Waals surface area (Å²) < 4.78 is 7.78. The second kappa shape index (κ2) is 12.8. The Hall–Kier alpha value is -2.78. The van der Waals surface area contributed by atoms with E-state index in [1.54, 1.807) is 13.2 Å². The van der Waals surface area contributed by atoms with Gasteiger partial charge in [-0.1, -0.05) is 49.4 Å². The predicted molar refractivity (Wildman–Crippen MR) is 134 cm³/mol. The van der Waals surface area contributed by atoms with Crippen molar-refractivity contribution in [1.29, 1.82) is 0 Å². The Labute approximate surface area is 188 Å². The van der Waals surface area contributed by atoms with E-state index in [1.165, 1.54) is 27.6 Å². The lowest BCUT2D eigenvalue weighted by Gasteiger charge is -2.14. The minimum Gasteiger partial charge on any atom is -0.501 e. The molecule has 3 aromatic rings. The quantitative estimate of drug-likeness (QED) is 0.294. The van der Waals surface area contributed by atoms with Crippen molar-refractivity contribution in [2.24, 2.45) is 0 Å². The molecule has 0 saturated heterocycles. The molecule has 0 amide bonds. The molecule has 1 N–H and O–H groups in total. The number of nitrogens with one attached hydrogen (secondary N) is 1. The van der Waals surface area contributed by atoms with Crippen molar-refractivity contribution in [3.63, 3.8) is 0 Å². The average Bonchev–Trinajstić information content (AvgIpc) is 3.16. The first kappa shape index (κ1) is 24.5. The molecule has 0 saturated carbocycles. The van der Waals surface area contributed by atoms with Crippen molar-refractivity contribution >= 4 is 10.9 Å². The number of nitrogens with zero attached hydrogens (tertiary/aromatic N) is 1. The Bertz CT molecular complexity index is 963. The standard InChI is InChI=1S/C25H32N2O.C3H6/c1-5-23(28-4)14-13-22-18-27(6-2)25-15-12-20(16-24(22)25)17-26-19(3)21-10-8-7-9-11-21;1-3-2/h7-12,14-16,18-19,26H,5-6,13,17H2,1-4H3;3H,1H2,2H3/b23-14+;. The predicted octanol–water partition coefficient (Wildman–Crippen LogP) is 7.19. The summed E-state index contributed by atoms with van der Waals surface area (Å²) in [5, 5.41) is 4.99. The van der Waals surface area contributed by atoms with Gasteiger partial charge in [0.25, 0.3) is 0 Å². The molecule has 0 fully saturated rings. The number of ether oxygens (including phenoxy) is 1. The molecule has 1 aromatic heterocycles. The number of hydrogen-bond donors (Lipinski definition) is 1. The van der Waals surface area contributed by atoms with Crippen LogP contribution in [0.2, 0.25) is 0 Å². The third-order valence-electron chi connectivity index (χ3n) is 5.44. The van der Waals surface area contributed by atoms with E-state index in [1.807, 2.05) is 6.92 Å². The molecule has 3 nitrogen and oxygen atoms in total. The van der Waals surface area contributed by atoms with E-state index in [0.717, 1.165) is 31.7 Å². The van der Waals surface area contributed by atoms with Crippen molar-refractivity contribution in [2.45, 2.75) is 59.7 Å². The first-order valence-electron chi connectivity index (χ1n) is 11.3. The molecule has 3 rings (SSSR count). The molecule has 0 radical (unpaired) electrons. The third kappa shape index (κ3) is 6.86. The van der Waals surface area contributed by atoms with Crippen LogP contribution in [0.15, 0.2) is 79.2 Å². The van der Waals surface area contributed by atoms with Gasteiger partial charge in [0, 0.05) is 42.7 Å². The van der Waals surface area contributed by atoms with Gasteiger partial charge in [0.2, 0.25) is 0 Å². The summed E-state index contributed by atoms with van der Waals surface area (Å²) in [7, 11) is 1.75. The monoisotopic (exact) mass is 418 g/mol. The highest BCUT2D eigenvalue weighted by atomic mass is 16.5. The minimum atomic E-state index is 0.327. The normalized spacial score (nSPS) is 12.2. The molecule has 2 aromatic carbocycles. The van der Waals surface area contributed by atoms with E-state index >= 15 is 0 Å². The van der Waals surface area contributed by atoms with Gasteiger partial charge in [0.1, 0.15) is 0 Å².